The van der Waals surface area contributed by atoms with E-state index in [1.165, 1.54) is 9.47 Å². The van der Waals surface area contributed by atoms with Crippen molar-refractivity contribution in [1.29, 1.82) is 0 Å². The summed E-state index contributed by atoms with van der Waals surface area (Å²) in [5.41, 5.74) is 2.44. The van der Waals surface area contributed by atoms with Crippen LogP contribution in [0.1, 0.15) is 42.6 Å². The predicted octanol–water partition coefficient (Wildman–Crippen LogP) is 2.38. The van der Waals surface area contributed by atoms with Gasteiger partial charge in [0.1, 0.15) is 11.3 Å². The highest BCUT2D eigenvalue weighted by molar-refractivity contribution is 5.94. The number of carbonyl (C=O) groups is 1. The molecular weight excluding hydrogens is 363 g/mol. The second-order valence-electron chi connectivity index (χ2n) is 7.66. The van der Waals surface area contributed by atoms with E-state index in [1.54, 1.807) is 6.92 Å². The molecule has 27 heavy (non-hydrogen) atoms. The largest absolute Gasteiger partial charge is 0.477 e. The van der Waals surface area contributed by atoms with Gasteiger partial charge >= 0.3 is 5.97 Å². The third-order valence-corrected chi connectivity index (χ3v) is 5.26. The quantitative estimate of drug-likeness (QED) is 0.797. The number of anilines is 1. The van der Waals surface area contributed by atoms with E-state index >= 15 is 4.39 Å². The van der Waals surface area contributed by atoms with Gasteiger partial charge in [-0.2, -0.15) is 0 Å². The van der Waals surface area contributed by atoms with Crippen molar-refractivity contribution in [3.63, 3.8) is 0 Å². The van der Waals surface area contributed by atoms with Crippen LogP contribution in [0, 0.1) is 17.5 Å². The number of pyridine rings is 1. The fraction of sp³-hybridized carbons (Fsp3) is 0.444. The summed E-state index contributed by atoms with van der Waals surface area (Å²) < 4.78 is 46.2. The van der Waals surface area contributed by atoms with Gasteiger partial charge in [-0.3, -0.25) is 4.79 Å². The molecular formula is C18H18F3N3O3. The van der Waals surface area contributed by atoms with Crippen LogP contribution in [0.15, 0.2) is 11.0 Å². The summed E-state index contributed by atoms with van der Waals surface area (Å²) in [6, 6.07) is -0.253. The van der Waals surface area contributed by atoms with Crippen LogP contribution in [-0.2, 0) is 0 Å². The molecule has 2 aliphatic rings. The average molecular weight is 381 g/mol. The second-order valence-corrected chi connectivity index (χ2v) is 7.66. The first-order chi connectivity index (χ1) is 12.6. The molecule has 0 bridgehead atoms. The van der Waals surface area contributed by atoms with Gasteiger partial charge in [0, 0.05) is 30.9 Å². The highest BCUT2D eigenvalue weighted by Gasteiger charge is 2.37. The Bertz CT molecular complexity index is 1040. The van der Waals surface area contributed by atoms with E-state index in [4.69, 9.17) is 5.73 Å². The monoisotopic (exact) mass is 381 g/mol. The molecule has 0 spiro atoms. The number of rotatable bonds is 3. The Morgan fingerprint density at radius 1 is 1.26 bits per heavy atom. The first-order valence-electron chi connectivity index (χ1n) is 8.65. The lowest BCUT2D eigenvalue weighted by Gasteiger charge is -2.24. The summed E-state index contributed by atoms with van der Waals surface area (Å²) in [5.74, 6) is -5.67. The van der Waals surface area contributed by atoms with Crippen LogP contribution in [0.3, 0.4) is 0 Å². The van der Waals surface area contributed by atoms with E-state index in [2.05, 4.69) is 0 Å². The molecule has 1 unspecified atom stereocenters. The number of nitrogens with zero attached hydrogens (tertiary/aromatic N) is 2. The first-order valence-corrected chi connectivity index (χ1v) is 8.65. The molecule has 0 radical (unpaired) electrons. The summed E-state index contributed by atoms with van der Waals surface area (Å²) in [5, 5.41) is 8.36. The second kappa shape index (κ2) is 5.72. The molecule has 1 atom stereocenters. The third-order valence-electron chi connectivity index (χ3n) is 5.26. The number of aromatic carboxylic acids is 1. The summed E-state index contributed by atoms with van der Waals surface area (Å²) in [6.07, 6.45) is 2.76. The van der Waals surface area contributed by atoms with Crippen LogP contribution in [0.5, 0.6) is 0 Å². The van der Waals surface area contributed by atoms with Crippen molar-refractivity contribution in [2.45, 2.75) is 37.8 Å². The summed E-state index contributed by atoms with van der Waals surface area (Å²) in [4.78, 5) is 25.1. The van der Waals surface area contributed by atoms with Gasteiger partial charge in [0.25, 0.3) is 0 Å². The van der Waals surface area contributed by atoms with Gasteiger partial charge in [0.2, 0.25) is 5.43 Å². The molecule has 6 nitrogen and oxygen atoms in total. The fourth-order valence-corrected chi connectivity index (χ4v) is 3.73. The number of nitrogens with two attached hydrogens (primary N) is 1. The summed E-state index contributed by atoms with van der Waals surface area (Å²) in [6.45, 7) is 2.11. The van der Waals surface area contributed by atoms with Gasteiger partial charge in [0.15, 0.2) is 17.5 Å². The van der Waals surface area contributed by atoms with Gasteiger partial charge < -0.3 is 20.3 Å². The Morgan fingerprint density at radius 2 is 1.93 bits per heavy atom. The van der Waals surface area contributed by atoms with E-state index < -0.39 is 56.5 Å². The van der Waals surface area contributed by atoms with Crippen molar-refractivity contribution in [2.24, 2.45) is 5.73 Å². The molecule has 144 valence electrons. The Hall–Kier alpha value is -2.55. The third kappa shape index (κ3) is 2.68. The van der Waals surface area contributed by atoms with E-state index in [0.29, 0.717) is 19.3 Å². The highest BCUT2D eigenvalue weighted by Crippen LogP contribution is 2.41. The number of carboxylic acid groups (broad SMARTS) is 1. The van der Waals surface area contributed by atoms with Gasteiger partial charge in [-0.1, -0.05) is 0 Å². The minimum absolute atomic E-state index is 0.132. The molecule has 2 heterocycles. The number of hydrogen-bond donors (Lipinski definition) is 2. The molecule has 4 rings (SSSR count). The SMILES string of the molecule is CC1(N)CCN(c2c(F)c(F)c3c(=O)c(C(=O)O)cn(C4CC4)c3c2F)C1. The predicted molar refractivity (Wildman–Crippen MR) is 92.7 cm³/mol. The van der Waals surface area contributed by atoms with Crippen LogP contribution in [0.2, 0.25) is 0 Å². The Morgan fingerprint density at radius 3 is 2.44 bits per heavy atom. The zero-order valence-electron chi connectivity index (χ0n) is 14.6. The van der Waals surface area contributed by atoms with Gasteiger partial charge in [-0.05, 0) is 26.2 Å². The summed E-state index contributed by atoms with van der Waals surface area (Å²) >= 11 is 0. The van der Waals surface area contributed by atoms with Crippen molar-refractivity contribution in [3.05, 3.63) is 39.4 Å². The lowest BCUT2D eigenvalue weighted by Crippen LogP contribution is -2.39. The molecule has 9 heteroatoms. The zero-order chi connectivity index (χ0) is 19.7. The van der Waals surface area contributed by atoms with E-state index in [0.717, 1.165) is 6.20 Å². The van der Waals surface area contributed by atoms with E-state index in [-0.39, 0.29) is 19.1 Å². The zero-order valence-corrected chi connectivity index (χ0v) is 14.6. The molecule has 2 aromatic rings. The number of hydrogen-bond acceptors (Lipinski definition) is 4. The summed E-state index contributed by atoms with van der Waals surface area (Å²) in [7, 11) is 0. The Kier molecular flexibility index (Phi) is 3.78. The maximum Gasteiger partial charge on any atom is 0.341 e. The first kappa shape index (κ1) is 17.8. The van der Waals surface area contributed by atoms with Crippen molar-refractivity contribution in [3.8, 4) is 0 Å². The molecule has 2 fully saturated rings. The molecule has 3 N–H and O–H groups in total. The normalized spacial score (nSPS) is 22.6. The lowest BCUT2D eigenvalue weighted by molar-refractivity contribution is 0.0694. The fourth-order valence-electron chi connectivity index (χ4n) is 3.73. The van der Waals surface area contributed by atoms with Crippen LogP contribution in [-0.4, -0.2) is 34.3 Å². The van der Waals surface area contributed by atoms with Crippen LogP contribution >= 0.6 is 0 Å². The van der Waals surface area contributed by atoms with Gasteiger partial charge in [0.05, 0.1) is 10.9 Å². The maximum absolute atomic E-state index is 15.4. The number of carboxylic acids is 1. The molecule has 1 aliphatic carbocycles. The van der Waals surface area contributed by atoms with Gasteiger partial charge in [-0.15, -0.1) is 0 Å². The molecule has 1 aromatic carbocycles. The number of benzene rings is 1. The Labute approximate surface area is 152 Å². The van der Waals surface area contributed by atoms with Crippen molar-refractivity contribution in [1.82, 2.24) is 4.57 Å². The number of aromatic nitrogens is 1. The number of fused-ring (bicyclic) bond motifs is 1. The smallest absolute Gasteiger partial charge is 0.341 e. The van der Waals surface area contributed by atoms with Crippen LogP contribution < -0.4 is 16.1 Å². The molecule has 0 amide bonds. The molecule has 1 saturated carbocycles. The van der Waals surface area contributed by atoms with E-state index in [1.807, 2.05) is 0 Å². The average Bonchev–Trinajstić information content (AvgIpc) is 3.36. The van der Waals surface area contributed by atoms with Crippen molar-refractivity contribution < 1.29 is 23.1 Å². The topological polar surface area (TPSA) is 88.6 Å². The molecule has 1 saturated heterocycles. The van der Waals surface area contributed by atoms with E-state index in [9.17, 15) is 23.5 Å². The molecule has 1 aromatic heterocycles. The maximum atomic E-state index is 15.4. The molecule has 1 aliphatic heterocycles. The van der Waals surface area contributed by atoms with Crippen LogP contribution in [0.4, 0.5) is 18.9 Å². The minimum Gasteiger partial charge on any atom is -0.477 e. The van der Waals surface area contributed by atoms with Crippen LogP contribution in [0.25, 0.3) is 10.9 Å². The van der Waals surface area contributed by atoms with Crippen molar-refractivity contribution in [2.75, 3.05) is 18.0 Å². The lowest BCUT2D eigenvalue weighted by atomic mass is 10.0. The van der Waals surface area contributed by atoms with Crippen molar-refractivity contribution >= 4 is 22.6 Å². The highest BCUT2D eigenvalue weighted by atomic mass is 19.2. The van der Waals surface area contributed by atoms with Gasteiger partial charge in [-0.25, -0.2) is 18.0 Å². The Balaban J connectivity index is 2.07. The minimum atomic E-state index is -1.57. The number of halogens is 3. The standard InChI is InChI=1S/C18H18F3N3O3/c1-18(22)4-5-23(7-18)15-12(20)11(19)10-14(13(15)21)24(8-2-3-8)6-9(16(10)25)17(26)27/h6,8H,2-5,7,22H2,1H3,(H,26,27).